The molecule has 30 heavy (non-hydrogen) atoms. The Morgan fingerprint density at radius 1 is 1.13 bits per heavy atom. The molecule has 0 aliphatic heterocycles. The number of carbonyl (C=O) groups is 3. The summed E-state index contributed by atoms with van der Waals surface area (Å²) in [6.07, 6.45) is 0.672. The number of aryl methyl sites for hydroxylation is 1. The second-order valence-electron chi connectivity index (χ2n) is 5.75. The molecule has 2 aromatic rings. The van der Waals surface area contributed by atoms with Gasteiger partial charge in [0.1, 0.15) is 5.00 Å². The molecule has 0 spiro atoms. The third-order valence-corrected chi connectivity index (χ3v) is 4.85. The summed E-state index contributed by atoms with van der Waals surface area (Å²) in [7, 11) is 0. The highest BCUT2D eigenvalue weighted by Gasteiger charge is 2.20. The van der Waals surface area contributed by atoms with Gasteiger partial charge in [0.2, 0.25) is 0 Å². The van der Waals surface area contributed by atoms with E-state index in [1.807, 2.05) is 6.92 Å². The molecule has 1 heterocycles. The van der Waals surface area contributed by atoms with Crippen LogP contribution in [-0.2, 0) is 25.5 Å². The molecule has 0 atom stereocenters. The lowest BCUT2D eigenvalue weighted by atomic mass is 10.2. The molecule has 1 aromatic carbocycles. The first-order chi connectivity index (χ1) is 14.3. The van der Waals surface area contributed by atoms with E-state index < -0.39 is 36.0 Å². The van der Waals surface area contributed by atoms with Crippen molar-refractivity contribution < 1.29 is 33.5 Å². The Hall–Kier alpha value is -3.47. The van der Waals surface area contributed by atoms with Crippen LogP contribution in [0.2, 0.25) is 0 Å². The highest BCUT2D eigenvalue weighted by Crippen LogP contribution is 2.29. The van der Waals surface area contributed by atoms with Crippen molar-refractivity contribution >= 4 is 39.9 Å². The minimum Gasteiger partial charge on any atom is -0.475 e. The van der Waals surface area contributed by atoms with Gasteiger partial charge in [-0.15, -0.1) is 11.3 Å². The van der Waals surface area contributed by atoms with Gasteiger partial charge in [0.15, 0.2) is 19.0 Å². The van der Waals surface area contributed by atoms with E-state index in [1.165, 1.54) is 35.6 Å². The number of carbonyl (C=O) groups excluding carboxylic acids is 3. The molecule has 0 radical (unpaired) electrons. The standard InChI is InChI=1S/C19H20N2O8S/c1-3-12-9-13(19(24)27-4-2)18(30-12)20-16(22)10-29-17(23)11-28-15-8-6-5-7-14(15)21(25)26/h5-9H,3-4,10-11H2,1-2H3,(H,20,22). The maximum atomic E-state index is 12.1. The van der Waals surface area contributed by atoms with Gasteiger partial charge in [-0.3, -0.25) is 14.9 Å². The summed E-state index contributed by atoms with van der Waals surface area (Å²) in [4.78, 5) is 47.1. The number of esters is 2. The molecule has 0 fully saturated rings. The van der Waals surface area contributed by atoms with Crippen molar-refractivity contribution in [3.8, 4) is 5.75 Å². The predicted octanol–water partition coefficient (Wildman–Crippen LogP) is 2.96. The van der Waals surface area contributed by atoms with Crippen LogP contribution in [0.1, 0.15) is 29.1 Å². The Morgan fingerprint density at radius 3 is 2.53 bits per heavy atom. The maximum absolute atomic E-state index is 12.1. The number of thiophene rings is 1. The normalized spacial score (nSPS) is 10.2. The summed E-state index contributed by atoms with van der Waals surface area (Å²) >= 11 is 1.23. The van der Waals surface area contributed by atoms with E-state index in [4.69, 9.17) is 14.2 Å². The van der Waals surface area contributed by atoms with Crippen LogP contribution in [0.5, 0.6) is 5.75 Å². The lowest BCUT2D eigenvalue weighted by molar-refractivity contribution is -0.385. The number of nitrogens with one attached hydrogen (secondary N) is 1. The zero-order valence-electron chi connectivity index (χ0n) is 16.3. The van der Waals surface area contributed by atoms with E-state index >= 15 is 0 Å². The van der Waals surface area contributed by atoms with Crippen molar-refractivity contribution in [3.63, 3.8) is 0 Å². The molecule has 10 nitrogen and oxygen atoms in total. The molecule has 1 aromatic heterocycles. The lowest BCUT2D eigenvalue weighted by Crippen LogP contribution is -2.24. The van der Waals surface area contributed by atoms with Gasteiger partial charge in [-0.2, -0.15) is 0 Å². The van der Waals surface area contributed by atoms with Gasteiger partial charge in [0, 0.05) is 10.9 Å². The summed E-state index contributed by atoms with van der Waals surface area (Å²) in [5.74, 6) is -2.18. The minimum absolute atomic E-state index is 0.0892. The number of benzene rings is 1. The second kappa shape index (κ2) is 10.9. The number of nitro benzene ring substituents is 1. The fourth-order valence-electron chi connectivity index (χ4n) is 2.29. The number of ether oxygens (including phenoxy) is 3. The molecule has 0 bridgehead atoms. The van der Waals surface area contributed by atoms with Gasteiger partial charge in [0.25, 0.3) is 5.91 Å². The number of para-hydroxylation sites is 2. The Labute approximate surface area is 175 Å². The highest BCUT2D eigenvalue weighted by atomic mass is 32.1. The summed E-state index contributed by atoms with van der Waals surface area (Å²) < 4.78 is 14.9. The Bertz CT molecular complexity index is 940. The van der Waals surface area contributed by atoms with Crippen LogP contribution in [0.15, 0.2) is 30.3 Å². The van der Waals surface area contributed by atoms with Gasteiger partial charge in [-0.1, -0.05) is 19.1 Å². The van der Waals surface area contributed by atoms with Crippen molar-refractivity contribution in [1.29, 1.82) is 0 Å². The summed E-state index contributed by atoms with van der Waals surface area (Å²) in [5, 5.41) is 13.8. The Kier molecular flexibility index (Phi) is 8.29. The zero-order valence-corrected chi connectivity index (χ0v) is 17.2. The average molecular weight is 436 g/mol. The first-order valence-electron chi connectivity index (χ1n) is 8.97. The fourth-order valence-corrected chi connectivity index (χ4v) is 3.29. The van der Waals surface area contributed by atoms with Crippen molar-refractivity contribution in [2.45, 2.75) is 20.3 Å². The molecule has 0 aliphatic rings. The maximum Gasteiger partial charge on any atom is 0.344 e. The van der Waals surface area contributed by atoms with E-state index in [-0.39, 0.29) is 23.6 Å². The van der Waals surface area contributed by atoms with E-state index in [2.05, 4.69) is 5.32 Å². The molecule has 160 valence electrons. The van der Waals surface area contributed by atoms with E-state index in [1.54, 1.807) is 13.0 Å². The van der Waals surface area contributed by atoms with E-state index in [9.17, 15) is 24.5 Å². The largest absolute Gasteiger partial charge is 0.475 e. The Morgan fingerprint density at radius 2 is 1.87 bits per heavy atom. The summed E-state index contributed by atoms with van der Waals surface area (Å²) in [5.41, 5.74) is -0.0583. The first kappa shape index (κ1) is 22.8. The third-order valence-electron chi connectivity index (χ3n) is 3.65. The number of anilines is 1. The molecule has 0 unspecified atom stereocenters. The van der Waals surface area contributed by atoms with Crippen molar-refractivity contribution in [2.24, 2.45) is 0 Å². The molecule has 0 saturated heterocycles. The lowest BCUT2D eigenvalue weighted by Gasteiger charge is -2.08. The molecule has 2 rings (SSSR count). The van der Waals surface area contributed by atoms with Crippen LogP contribution in [0, 0.1) is 10.1 Å². The molecular formula is C19H20N2O8S. The van der Waals surface area contributed by atoms with Crippen molar-refractivity contribution in [2.75, 3.05) is 25.1 Å². The van der Waals surface area contributed by atoms with Crippen LogP contribution < -0.4 is 10.1 Å². The second-order valence-corrected chi connectivity index (χ2v) is 6.89. The Balaban J connectivity index is 1.89. The first-order valence-corrected chi connectivity index (χ1v) is 9.78. The van der Waals surface area contributed by atoms with Crippen LogP contribution >= 0.6 is 11.3 Å². The van der Waals surface area contributed by atoms with Crippen molar-refractivity contribution in [1.82, 2.24) is 0 Å². The molecule has 0 aliphatic carbocycles. The molecule has 0 saturated carbocycles. The van der Waals surface area contributed by atoms with Crippen LogP contribution in [-0.4, -0.2) is 42.6 Å². The van der Waals surface area contributed by atoms with Crippen molar-refractivity contribution in [3.05, 3.63) is 50.9 Å². The fraction of sp³-hybridized carbons (Fsp3) is 0.316. The van der Waals surface area contributed by atoms with Gasteiger partial charge >= 0.3 is 17.6 Å². The smallest absolute Gasteiger partial charge is 0.344 e. The number of rotatable bonds is 10. The molecule has 1 N–H and O–H groups in total. The van der Waals surface area contributed by atoms with E-state index in [0.29, 0.717) is 11.4 Å². The SMILES string of the molecule is CCOC(=O)c1cc(CC)sc1NC(=O)COC(=O)COc1ccccc1[N+](=O)[O-]. The van der Waals surface area contributed by atoms with Gasteiger partial charge < -0.3 is 19.5 Å². The molecule has 11 heteroatoms. The average Bonchev–Trinajstić information content (AvgIpc) is 3.14. The molecule has 1 amide bonds. The summed E-state index contributed by atoms with van der Waals surface area (Å²) in [6, 6.07) is 7.21. The number of hydrogen-bond acceptors (Lipinski definition) is 9. The van der Waals surface area contributed by atoms with Crippen LogP contribution in [0.3, 0.4) is 0 Å². The number of nitro groups is 1. The third kappa shape index (κ3) is 6.27. The predicted molar refractivity (Wildman–Crippen MR) is 108 cm³/mol. The van der Waals surface area contributed by atoms with Gasteiger partial charge in [0.05, 0.1) is 17.1 Å². The highest BCUT2D eigenvalue weighted by molar-refractivity contribution is 7.16. The van der Waals surface area contributed by atoms with Gasteiger partial charge in [-0.05, 0) is 25.5 Å². The number of nitrogens with zero attached hydrogens (tertiary/aromatic N) is 1. The van der Waals surface area contributed by atoms with Crippen LogP contribution in [0.4, 0.5) is 10.7 Å². The summed E-state index contributed by atoms with van der Waals surface area (Å²) in [6.45, 7) is 2.56. The van der Waals surface area contributed by atoms with Gasteiger partial charge in [-0.25, -0.2) is 9.59 Å². The van der Waals surface area contributed by atoms with E-state index in [0.717, 1.165) is 4.88 Å². The molecular weight excluding hydrogens is 416 g/mol. The zero-order chi connectivity index (χ0) is 22.1. The topological polar surface area (TPSA) is 134 Å². The monoisotopic (exact) mass is 436 g/mol. The number of hydrogen-bond donors (Lipinski definition) is 1. The van der Waals surface area contributed by atoms with Crippen LogP contribution in [0.25, 0.3) is 0 Å². The quantitative estimate of drug-likeness (QED) is 0.341. The minimum atomic E-state index is -0.880. The number of amides is 1.